The third-order valence-corrected chi connectivity index (χ3v) is 7.55. The van der Waals surface area contributed by atoms with Crippen molar-refractivity contribution in [3.63, 3.8) is 0 Å². The largest absolute Gasteiger partial charge is 0.477 e. The summed E-state index contributed by atoms with van der Waals surface area (Å²) in [4.78, 5) is 36.8. The number of methoxy groups -OCH3 is 1. The highest BCUT2D eigenvalue weighted by atomic mass is 35.5. The average molecular weight is 478 g/mol. The number of esters is 1. The highest BCUT2D eigenvalue weighted by Gasteiger charge is 2.62. The molecule has 1 unspecified atom stereocenters. The van der Waals surface area contributed by atoms with Gasteiger partial charge in [0.15, 0.2) is 31.8 Å². The summed E-state index contributed by atoms with van der Waals surface area (Å²) in [5, 5.41) is 8.28. The Bertz CT molecular complexity index is 1040. The Hall–Kier alpha value is -2.14. The van der Waals surface area contributed by atoms with E-state index in [1.54, 1.807) is 18.2 Å². The van der Waals surface area contributed by atoms with E-state index < -0.39 is 66.6 Å². The van der Waals surface area contributed by atoms with Gasteiger partial charge in [0.1, 0.15) is 5.70 Å². The van der Waals surface area contributed by atoms with Crippen molar-refractivity contribution < 1.29 is 37.4 Å². The number of nitrogens with zero attached hydrogens (tertiary/aromatic N) is 1. The van der Waals surface area contributed by atoms with Crippen LogP contribution in [0.3, 0.4) is 0 Å². The fourth-order valence-electron chi connectivity index (χ4n) is 3.55. The molecule has 2 aliphatic rings. The van der Waals surface area contributed by atoms with Crippen LogP contribution < -0.4 is 0 Å². The normalized spacial score (nSPS) is 24.0. The first-order valence-electron chi connectivity index (χ1n) is 8.57. The van der Waals surface area contributed by atoms with Crippen molar-refractivity contribution in [3.8, 4) is 0 Å². The summed E-state index contributed by atoms with van der Waals surface area (Å²) in [5.41, 5.74) is -0.826. The van der Waals surface area contributed by atoms with Crippen LogP contribution in [0.25, 0.3) is 0 Å². The van der Waals surface area contributed by atoms with Gasteiger partial charge in [-0.25, -0.2) is 13.2 Å². The second-order valence-corrected chi connectivity index (χ2v) is 10.2. The number of carbonyl (C=O) groups is 3. The number of carboxylic acid groups (broad SMARTS) is 1. The van der Waals surface area contributed by atoms with Crippen LogP contribution in [0.1, 0.15) is 12.5 Å². The van der Waals surface area contributed by atoms with Crippen LogP contribution in [0.2, 0.25) is 0 Å². The zero-order valence-electron chi connectivity index (χ0n) is 15.7. The van der Waals surface area contributed by atoms with Crippen molar-refractivity contribution in [2.45, 2.75) is 28.8 Å². The van der Waals surface area contributed by atoms with E-state index in [-0.39, 0.29) is 5.56 Å². The maximum atomic E-state index is 12.9. The van der Waals surface area contributed by atoms with E-state index in [9.17, 15) is 27.9 Å². The molecule has 1 fully saturated rings. The number of hydrogen-bond acceptors (Lipinski definition) is 7. The van der Waals surface area contributed by atoms with Crippen LogP contribution >= 0.6 is 23.2 Å². The SMILES string of the molecule is CO[C@@H]1C(=O)N2C(C(=O)O)=C(C(OC(C)=O)C(Cl)(Cl)c3ccccc3)CS(=O)(=O)[C@H]12. The summed E-state index contributed by atoms with van der Waals surface area (Å²) in [5.74, 6) is -4.16. The third-order valence-electron chi connectivity index (χ3n) is 4.81. The fourth-order valence-corrected chi connectivity index (χ4v) is 6.18. The molecule has 1 aromatic carbocycles. The topological polar surface area (TPSA) is 127 Å². The van der Waals surface area contributed by atoms with E-state index in [0.29, 0.717) is 4.90 Å². The van der Waals surface area contributed by atoms with Crippen LogP contribution in [-0.4, -0.2) is 66.7 Å². The van der Waals surface area contributed by atoms with E-state index in [0.717, 1.165) is 14.0 Å². The Morgan fingerprint density at radius 3 is 2.37 bits per heavy atom. The molecule has 12 heteroatoms. The van der Waals surface area contributed by atoms with E-state index in [1.807, 2.05) is 0 Å². The number of carboxylic acids is 1. The number of aliphatic carboxylic acids is 1. The van der Waals surface area contributed by atoms with E-state index in [1.165, 1.54) is 12.1 Å². The first-order valence-corrected chi connectivity index (χ1v) is 11.0. The van der Waals surface area contributed by atoms with Gasteiger partial charge in [-0.2, -0.15) is 0 Å². The predicted molar refractivity (Wildman–Crippen MR) is 105 cm³/mol. The molecule has 0 saturated carbocycles. The zero-order chi connectivity index (χ0) is 22.4. The van der Waals surface area contributed by atoms with Gasteiger partial charge in [-0.3, -0.25) is 14.5 Å². The number of ether oxygens (including phenoxy) is 2. The maximum absolute atomic E-state index is 12.9. The van der Waals surface area contributed by atoms with E-state index in [2.05, 4.69) is 0 Å². The Morgan fingerprint density at radius 2 is 1.87 bits per heavy atom. The lowest BCUT2D eigenvalue weighted by Crippen LogP contribution is -2.71. The Balaban J connectivity index is 2.23. The number of amides is 1. The number of alkyl halides is 2. The van der Waals surface area contributed by atoms with E-state index >= 15 is 0 Å². The van der Waals surface area contributed by atoms with Gasteiger partial charge in [0.25, 0.3) is 5.91 Å². The molecule has 1 N–H and O–H groups in total. The Labute approximate surface area is 182 Å². The van der Waals surface area contributed by atoms with Gasteiger partial charge in [-0.1, -0.05) is 53.5 Å². The number of fused-ring (bicyclic) bond motifs is 1. The van der Waals surface area contributed by atoms with Gasteiger partial charge in [0.2, 0.25) is 0 Å². The van der Waals surface area contributed by atoms with Crippen molar-refractivity contribution >= 4 is 50.9 Å². The van der Waals surface area contributed by atoms with Crippen molar-refractivity contribution in [2.24, 2.45) is 0 Å². The minimum absolute atomic E-state index is 0.237. The van der Waals surface area contributed by atoms with Gasteiger partial charge in [0.05, 0.1) is 5.75 Å². The smallest absolute Gasteiger partial charge is 0.352 e. The summed E-state index contributed by atoms with van der Waals surface area (Å²) in [7, 11) is -2.96. The molecule has 162 valence electrons. The quantitative estimate of drug-likeness (QED) is 0.367. The molecule has 2 aliphatic heterocycles. The van der Waals surface area contributed by atoms with Crippen LogP contribution in [-0.2, 0) is 38.0 Å². The molecule has 9 nitrogen and oxygen atoms in total. The summed E-state index contributed by atoms with van der Waals surface area (Å²) in [6.45, 7) is 1.04. The summed E-state index contributed by atoms with van der Waals surface area (Å²) in [6, 6.07) is 7.89. The van der Waals surface area contributed by atoms with Crippen molar-refractivity contribution in [1.29, 1.82) is 0 Å². The minimum Gasteiger partial charge on any atom is -0.477 e. The minimum atomic E-state index is -4.11. The number of carbonyl (C=O) groups excluding carboxylic acids is 2. The van der Waals surface area contributed by atoms with Crippen LogP contribution in [0.5, 0.6) is 0 Å². The average Bonchev–Trinajstić information content (AvgIpc) is 2.66. The first kappa shape index (κ1) is 22.5. The highest BCUT2D eigenvalue weighted by Crippen LogP contribution is 2.47. The second-order valence-electron chi connectivity index (χ2n) is 6.72. The Kier molecular flexibility index (Phi) is 5.89. The number of halogens is 2. The van der Waals surface area contributed by atoms with Crippen LogP contribution in [0.4, 0.5) is 0 Å². The first-order chi connectivity index (χ1) is 13.9. The lowest BCUT2D eigenvalue weighted by molar-refractivity contribution is -0.163. The standard InChI is InChI=1S/C18H17Cl2NO8S/c1-9(22)29-14(18(19,20)10-6-4-3-5-7-10)11-8-30(26,27)16-13(28-2)15(23)21(16)12(11)17(24)25/h3-7,13-14,16H,8H2,1-2H3,(H,24,25)/t13-,14?,16-/m1/s1. The van der Waals surface area contributed by atoms with Gasteiger partial charge in [-0.05, 0) is 5.56 Å². The van der Waals surface area contributed by atoms with Crippen LogP contribution in [0.15, 0.2) is 41.6 Å². The monoisotopic (exact) mass is 477 g/mol. The molecule has 3 atom stereocenters. The van der Waals surface area contributed by atoms with E-state index in [4.69, 9.17) is 32.7 Å². The molecule has 0 radical (unpaired) electrons. The third kappa shape index (κ3) is 3.58. The number of sulfone groups is 1. The van der Waals surface area contributed by atoms with Gasteiger partial charge in [-0.15, -0.1) is 0 Å². The van der Waals surface area contributed by atoms with Crippen molar-refractivity contribution in [1.82, 2.24) is 4.90 Å². The van der Waals surface area contributed by atoms with Gasteiger partial charge in [0, 0.05) is 19.6 Å². The molecule has 30 heavy (non-hydrogen) atoms. The molecule has 1 aromatic rings. The number of hydrogen-bond donors (Lipinski definition) is 1. The number of β-lactam (4-membered cyclic amide) rings is 1. The molecule has 0 bridgehead atoms. The van der Waals surface area contributed by atoms with Gasteiger partial charge >= 0.3 is 11.9 Å². The van der Waals surface area contributed by atoms with Crippen molar-refractivity contribution in [2.75, 3.05) is 12.9 Å². The van der Waals surface area contributed by atoms with Crippen LogP contribution in [0, 0.1) is 0 Å². The molecule has 2 heterocycles. The van der Waals surface area contributed by atoms with Gasteiger partial charge < -0.3 is 14.6 Å². The number of benzene rings is 1. The molecule has 1 amide bonds. The maximum Gasteiger partial charge on any atom is 0.352 e. The summed E-state index contributed by atoms with van der Waals surface area (Å²) >= 11 is 13.0. The predicted octanol–water partition coefficient (Wildman–Crippen LogP) is 1.20. The molecule has 0 aliphatic carbocycles. The fraction of sp³-hybridized carbons (Fsp3) is 0.389. The molecular weight excluding hydrogens is 461 g/mol. The summed E-state index contributed by atoms with van der Waals surface area (Å²) in [6.07, 6.45) is -3.03. The zero-order valence-corrected chi connectivity index (χ0v) is 18.1. The second kappa shape index (κ2) is 7.84. The Morgan fingerprint density at radius 1 is 1.27 bits per heavy atom. The van der Waals surface area contributed by atoms with Crippen molar-refractivity contribution in [3.05, 3.63) is 47.2 Å². The number of rotatable bonds is 6. The molecular formula is C18H17Cl2NO8S. The molecule has 3 rings (SSSR count). The molecule has 0 spiro atoms. The highest BCUT2D eigenvalue weighted by molar-refractivity contribution is 7.92. The molecule has 0 aromatic heterocycles. The lowest BCUT2D eigenvalue weighted by Gasteiger charge is -2.49. The summed E-state index contributed by atoms with van der Waals surface area (Å²) < 4.78 is 33.8. The molecule has 1 saturated heterocycles. The lowest BCUT2D eigenvalue weighted by atomic mass is 9.96.